The molecule has 1 fully saturated rings. The molecule has 0 N–H and O–H groups in total. The Labute approximate surface area is 98.5 Å². The highest BCUT2D eigenvalue weighted by atomic mass is 32.2. The van der Waals surface area contributed by atoms with Gasteiger partial charge in [-0.15, -0.1) is 11.8 Å². The molecule has 0 radical (unpaired) electrons. The van der Waals surface area contributed by atoms with E-state index in [9.17, 15) is 14.4 Å². The topological polar surface area (TPSA) is 63.7 Å². The van der Waals surface area contributed by atoms with Crippen molar-refractivity contribution in [3.63, 3.8) is 0 Å². The zero-order chi connectivity index (χ0) is 12.1. The Balaban J connectivity index is 2.34. The minimum atomic E-state index is -0.527. The first kappa shape index (κ1) is 13.0. The Morgan fingerprint density at radius 3 is 2.75 bits per heavy atom. The molecule has 0 spiro atoms. The fourth-order valence-corrected chi connectivity index (χ4v) is 2.20. The van der Waals surface area contributed by atoms with E-state index >= 15 is 0 Å². The fourth-order valence-electron chi connectivity index (χ4n) is 1.44. The van der Waals surface area contributed by atoms with Crippen molar-refractivity contribution in [1.29, 1.82) is 0 Å². The fraction of sp³-hybridized carbons (Fsp3) is 0.700. The third-order valence-corrected chi connectivity index (χ3v) is 3.25. The van der Waals surface area contributed by atoms with Crippen LogP contribution in [0.1, 0.15) is 19.8 Å². The molecule has 1 unspecified atom stereocenters. The van der Waals surface area contributed by atoms with Crippen LogP contribution in [0, 0.1) is 0 Å². The normalized spacial score (nSPS) is 19.2. The van der Waals surface area contributed by atoms with Crippen LogP contribution >= 0.6 is 11.8 Å². The summed E-state index contributed by atoms with van der Waals surface area (Å²) in [6.07, 6.45) is 2.12. The van der Waals surface area contributed by atoms with Gasteiger partial charge < -0.3 is 9.64 Å². The molecule has 16 heavy (non-hydrogen) atoms. The molecule has 1 saturated heterocycles. The van der Waals surface area contributed by atoms with E-state index in [4.69, 9.17) is 0 Å². The first-order valence-electron chi connectivity index (χ1n) is 5.08. The maximum absolute atomic E-state index is 11.4. The zero-order valence-corrected chi connectivity index (χ0v) is 10.2. The number of likely N-dealkylation sites (tertiary alicyclic amines) is 1. The number of esters is 1. The van der Waals surface area contributed by atoms with Crippen LogP contribution in [0.4, 0.5) is 0 Å². The summed E-state index contributed by atoms with van der Waals surface area (Å²) in [5, 5.41) is 0.0821. The van der Waals surface area contributed by atoms with Crippen LogP contribution in [0.15, 0.2) is 0 Å². The molecule has 5 nitrogen and oxygen atoms in total. The molecule has 1 aliphatic rings. The van der Waals surface area contributed by atoms with E-state index in [1.807, 2.05) is 6.26 Å². The number of β-lactam (4-membered cyclic amide) rings is 1. The van der Waals surface area contributed by atoms with Crippen molar-refractivity contribution < 1.29 is 19.1 Å². The molecule has 1 heterocycles. The summed E-state index contributed by atoms with van der Waals surface area (Å²) in [6, 6.07) is 0. The molecule has 0 bridgehead atoms. The average Bonchev–Trinajstić information content (AvgIpc) is 2.22. The van der Waals surface area contributed by atoms with Gasteiger partial charge in [-0.25, -0.2) is 0 Å². The van der Waals surface area contributed by atoms with Gasteiger partial charge in [-0.3, -0.25) is 14.4 Å². The van der Waals surface area contributed by atoms with E-state index in [0.29, 0.717) is 6.42 Å². The summed E-state index contributed by atoms with van der Waals surface area (Å²) >= 11 is 1.53. The Hall–Kier alpha value is -1.04. The van der Waals surface area contributed by atoms with E-state index in [1.54, 1.807) is 6.92 Å². The summed E-state index contributed by atoms with van der Waals surface area (Å²) in [4.78, 5) is 35.1. The molecule has 90 valence electrons. The first-order chi connectivity index (χ1) is 7.58. The van der Waals surface area contributed by atoms with Crippen LogP contribution in [-0.4, -0.2) is 47.3 Å². The standard InChI is InChI=1S/C10H15NO4S/c1-3-15-10(14)4-7(12)6-11-8(13)5-9(11)16-2/h9H,3-6H2,1-2H3. The van der Waals surface area contributed by atoms with E-state index in [2.05, 4.69) is 4.74 Å². The Kier molecular flexibility index (Phi) is 4.79. The van der Waals surface area contributed by atoms with Crippen molar-refractivity contribution in [2.24, 2.45) is 0 Å². The largest absolute Gasteiger partial charge is 0.466 e. The molecule has 6 heteroatoms. The zero-order valence-electron chi connectivity index (χ0n) is 9.39. The summed E-state index contributed by atoms with van der Waals surface area (Å²) in [5.74, 6) is -0.830. The number of rotatable bonds is 6. The Morgan fingerprint density at radius 1 is 1.56 bits per heavy atom. The molecule has 0 aromatic rings. The van der Waals surface area contributed by atoms with Gasteiger partial charge in [-0.2, -0.15) is 0 Å². The molecule has 0 aliphatic carbocycles. The Morgan fingerprint density at radius 2 is 2.25 bits per heavy atom. The van der Waals surface area contributed by atoms with Gasteiger partial charge >= 0.3 is 5.97 Å². The number of nitrogens with zero attached hydrogens (tertiary/aromatic N) is 1. The third kappa shape index (κ3) is 3.23. The van der Waals surface area contributed by atoms with Crippen LogP contribution in [0.5, 0.6) is 0 Å². The van der Waals surface area contributed by atoms with Crippen molar-refractivity contribution in [2.75, 3.05) is 19.4 Å². The lowest BCUT2D eigenvalue weighted by molar-refractivity contribution is -0.149. The third-order valence-electron chi connectivity index (χ3n) is 2.28. The second-order valence-electron chi connectivity index (χ2n) is 3.44. The van der Waals surface area contributed by atoms with Crippen molar-refractivity contribution in [1.82, 2.24) is 4.90 Å². The van der Waals surface area contributed by atoms with E-state index in [1.165, 1.54) is 16.7 Å². The van der Waals surface area contributed by atoms with Crippen LogP contribution in [0.2, 0.25) is 0 Å². The van der Waals surface area contributed by atoms with E-state index in [-0.39, 0.29) is 36.6 Å². The molecular weight excluding hydrogens is 230 g/mol. The molecule has 1 rings (SSSR count). The second kappa shape index (κ2) is 5.89. The van der Waals surface area contributed by atoms with E-state index < -0.39 is 5.97 Å². The van der Waals surface area contributed by atoms with Gasteiger partial charge in [0.2, 0.25) is 5.91 Å². The SMILES string of the molecule is CCOC(=O)CC(=O)CN1C(=O)CC1SC. The van der Waals surface area contributed by atoms with Crippen molar-refractivity contribution >= 4 is 29.4 Å². The average molecular weight is 245 g/mol. The predicted molar refractivity (Wildman–Crippen MR) is 59.9 cm³/mol. The van der Waals surface area contributed by atoms with Crippen molar-refractivity contribution in [2.45, 2.75) is 25.1 Å². The van der Waals surface area contributed by atoms with Gasteiger partial charge in [0, 0.05) is 0 Å². The first-order valence-corrected chi connectivity index (χ1v) is 6.36. The van der Waals surface area contributed by atoms with Crippen molar-refractivity contribution in [3.8, 4) is 0 Å². The van der Waals surface area contributed by atoms with Crippen LogP contribution in [0.25, 0.3) is 0 Å². The molecule has 1 amide bonds. The molecule has 0 saturated carbocycles. The van der Waals surface area contributed by atoms with Gasteiger partial charge in [-0.1, -0.05) is 0 Å². The summed E-state index contributed by atoms with van der Waals surface area (Å²) < 4.78 is 4.66. The van der Waals surface area contributed by atoms with Crippen molar-refractivity contribution in [3.05, 3.63) is 0 Å². The number of carbonyl (C=O) groups is 3. The maximum atomic E-state index is 11.4. The molecule has 0 aromatic heterocycles. The summed E-state index contributed by atoms with van der Waals surface area (Å²) in [5.41, 5.74) is 0. The second-order valence-corrected chi connectivity index (χ2v) is 4.45. The summed E-state index contributed by atoms with van der Waals surface area (Å²) in [7, 11) is 0. The van der Waals surface area contributed by atoms with Gasteiger partial charge in [0.1, 0.15) is 6.42 Å². The number of hydrogen-bond donors (Lipinski definition) is 0. The number of hydrogen-bond acceptors (Lipinski definition) is 5. The van der Waals surface area contributed by atoms with Gasteiger partial charge in [0.05, 0.1) is 24.9 Å². The molecule has 1 atom stereocenters. The minimum absolute atomic E-state index is 0.0170. The van der Waals surface area contributed by atoms with E-state index in [0.717, 1.165) is 0 Å². The number of carbonyl (C=O) groups excluding carboxylic acids is 3. The number of Topliss-reactive ketones (excluding diaryl/α,β-unsaturated/α-hetero) is 1. The molecular formula is C10H15NO4S. The highest BCUT2D eigenvalue weighted by molar-refractivity contribution is 7.99. The van der Waals surface area contributed by atoms with Crippen LogP contribution in [-0.2, 0) is 19.1 Å². The van der Waals surface area contributed by atoms with Crippen LogP contribution < -0.4 is 0 Å². The van der Waals surface area contributed by atoms with Crippen LogP contribution in [0.3, 0.4) is 0 Å². The van der Waals surface area contributed by atoms with Gasteiger partial charge in [-0.05, 0) is 13.2 Å². The highest BCUT2D eigenvalue weighted by Gasteiger charge is 2.36. The number of ketones is 1. The number of thioether (sulfide) groups is 1. The lowest BCUT2D eigenvalue weighted by atomic mass is 10.1. The smallest absolute Gasteiger partial charge is 0.313 e. The number of ether oxygens (including phenoxy) is 1. The molecule has 1 aliphatic heterocycles. The predicted octanol–water partition coefficient (Wildman–Crippen LogP) is 0.430. The minimum Gasteiger partial charge on any atom is -0.466 e. The monoisotopic (exact) mass is 245 g/mol. The highest BCUT2D eigenvalue weighted by Crippen LogP contribution is 2.27. The lowest BCUT2D eigenvalue weighted by Crippen LogP contribution is -2.52. The number of amides is 1. The van der Waals surface area contributed by atoms with Gasteiger partial charge in [0.15, 0.2) is 5.78 Å². The van der Waals surface area contributed by atoms with Gasteiger partial charge in [0.25, 0.3) is 0 Å². The Bertz CT molecular complexity index is 305. The molecule has 0 aromatic carbocycles. The maximum Gasteiger partial charge on any atom is 0.313 e. The quantitative estimate of drug-likeness (QED) is 0.386. The summed E-state index contributed by atoms with van der Waals surface area (Å²) in [6.45, 7) is 1.97. The lowest BCUT2D eigenvalue weighted by Gasteiger charge is -2.38.